The molecular weight excluding hydrogens is 333 g/mol. The number of carbonyl (C=O) groups excluding carboxylic acids is 1. The Balaban J connectivity index is 1.68. The van der Waals surface area contributed by atoms with Crippen molar-refractivity contribution in [1.82, 2.24) is 5.32 Å². The Labute approximate surface area is 153 Å². The topological polar surface area (TPSA) is 47.6 Å². The molecule has 0 aromatic heterocycles. The molecule has 3 rings (SSSR count). The molecule has 1 atom stereocenters. The third-order valence-electron chi connectivity index (χ3n) is 4.57. The number of fused-ring (bicyclic) bond motifs is 1. The van der Waals surface area contributed by atoms with E-state index in [1.165, 1.54) is 12.1 Å². The third kappa shape index (κ3) is 4.34. The molecule has 0 radical (unpaired) electrons. The summed E-state index contributed by atoms with van der Waals surface area (Å²) in [7, 11) is 1.62. The van der Waals surface area contributed by atoms with Gasteiger partial charge in [-0.25, -0.2) is 4.39 Å². The van der Waals surface area contributed by atoms with Gasteiger partial charge in [-0.1, -0.05) is 12.1 Å². The molecule has 2 aromatic rings. The molecule has 0 aliphatic carbocycles. The number of hydrogen-bond acceptors (Lipinski definition) is 3. The van der Waals surface area contributed by atoms with Gasteiger partial charge in [-0.15, -0.1) is 0 Å². The summed E-state index contributed by atoms with van der Waals surface area (Å²) < 4.78 is 24.3. The van der Waals surface area contributed by atoms with Crippen LogP contribution in [0.4, 0.5) is 4.39 Å². The van der Waals surface area contributed by atoms with Gasteiger partial charge >= 0.3 is 0 Å². The Morgan fingerprint density at radius 1 is 1.27 bits per heavy atom. The lowest BCUT2D eigenvalue weighted by atomic mass is 9.89. The molecule has 5 heteroatoms. The molecule has 26 heavy (non-hydrogen) atoms. The summed E-state index contributed by atoms with van der Waals surface area (Å²) in [6.45, 7) is 4.01. The number of hydrogen-bond donors (Lipinski definition) is 1. The highest BCUT2D eigenvalue weighted by Crippen LogP contribution is 2.41. The zero-order chi connectivity index (χ0) is 18.7. The Kier molecular flexibility index (Phi) is 5.16. The van der Waals surface area contributed by atoms with Crippen LogP contribution in [0, 0.1) is 5.82 Å². The number of aryl methyl sites for hydroxylation is 1. The Bertz CT molecular complexity index is 786. The van der Waals surface area contributed by atoms with Crippen molar-refractivity contribution in [3.63, 3.8) is 0 Å². The number of carbonyl (C=O) groups is 1. The predicted octanol–water partition coefficient (Wildman–Crippen LogP) is 4.19. The maximum Gasteiger partial charge on any atom is 0.220 e. The fourth-order valence-corrected chi connectivity index (χ4v) is 3.26. The maximum atomic E-state index is 13.0. The Hall–Kier alpha value is -2.56. The molecule has 4 nitrogen and oxygen atoms in total. The number of benzene rings is 2. The van der Waals surface area contributed by atoms with Crippen LogP contribution in [-0.2, 0) is 11.2 Å². The van der Waals surface area contributed by atoms with Crippen molar-refractivity contribution in [2.24, 2.45) is 0 Å². The highest BCUT2D eigenvalue weighted by atomic mass is 19.1. The van der Waals surface area contributed by atoms with Crippen LogP contribution >= 0.6 is 0 Å². The van der Waals surface area contributed by atoms with Gasteiger partial charge in [0.2, 0.25) is 5.91 Å². The summed E-state index contributed by atoms with van der Waals surface area (Å²) in [5.41, 5.74) is 1.52. The van der Waals surface area contributed by atoms with Gasteiger partial charge < -0.3 is 14.8 Å². The van der Waals surface area contributed by atoms with Crippen molar-refractivity contribution in [3.8, 4) is 11.5 Å². The molecule has 1 aliphatic rings. The Morgan fingerprint density at radius 2 is 2.00 bits per heavy atom. The van der Waals surface area contributed by atoms with Gasteiger partial charge in [0.25, 0.3) is 0 Å². The van der Waals surface area contributed by atoms with Crippen LogP contribution in [0.5, 0.6) is 11.5 Å². The van der Waals surface area contributed by atoms with Crippen LogP contribution < -0.4 is 14.8 Å². The minimum absolute atomic E-state index is 0.0289. The Morgan fingerprint density at radius 3 is 2.69 bits per heavy atom. The second-order valence-corrected chi connectivity index (χ2v) is 7.22. The van der Waals surface area contributed by atoms with E-state index >= 15 is 0 Å². The minimum atomic E-state index is -0.381. The van der Waals surface area contributed by atoms with E-state index in [-0.39, 0.29) is 23.4 Å². The molecule has 2 aromatic carbocycles. The lowest BCUT2D eigenvalue weighted by molar-refractivity contribution is -0.122. The van der Waals surface area contributed by atoms with Gasteiger partial charge in [-0.3, -0.25) is 4.79 Å². The fraction of sp³-hybridized carbons (Fsp3) is 0.381. The maximum absolute atomic E-state index is 13.0. The van der Waals surface area contributed by atoms with E-state index in [1.807, 2.05) is 32.0 Å². The summed E-state index contributed by atoms with van der Waals surface area (Å²) in [5, 5.41) is 3.12. The fourth-order valence-electron chi connectivity index (χ4n) is 3.26. The van der Waals surface area contributed by atoms with E-state index in [0.29, 0.717) is 19.3 Å². The first-order valence-electron chi connectivity index (χ1n) is 8.77. The van der Waals surface area contributed by atoms with E-state index in [2.05, 4.69) is 5.32 Å². The van der Waals surface area contributed by atoms with Crippen molar-refractivity contribution in [2.75, 3.05) is 7.11 Å². The molecule has 1 amide bonds. The summed E-state index contributed by atoms with van der Waals surface area (Å²) >= 11 is 0. The minimum Gasteiger partial charge on any atom is -0.497 e. The SMILES string of the molecule is COc1ccc2c(c1)OC(C)(C)C[C@H]2NC(=O)CCc1ccc(F)cc1. The van der Waals surface area contributed by atoms with E-state index in [0.717, 1.165) is 22.6 Å². The van der Waals surface area contributed by atoms with Crippen LogP contribution in [0.25, 0.3) is 0 Å². The van der Waals surface area contributed by atoms with E-state index in [1.54, 1.807) is 19.2 Å². The first kappa shape index (κ1) is 18.2. The van der Waals surface area contributed by atoms with Crippen molar-refractivity contribution >= 4 is 5.91 Å². The van der Waals surface area contributed by atoms with Crippen LogP contribution in [0.2, 0.25) is 0 Å². The summed E-state index contributed by atoms with van der Waals surface area (Å²) in [6, 6.07) is 11.8. The standard InChI is InChI=1S/C21H24FNO3/c1-21(2)13-18(17-10-9-16(25-3)12-19(17)26-21)23-20(24)11-6-14-4-7-15(22)8-5-14/h4-5,7-10,12,18H,6,11,13H2,1-3H3,(H,23,24)/t18-/m1/s1. The monoisotopic (exact) mass is 357 g/mol. The molecule has 0 saturated heterocycles. The molecule has 1 heterocycles. The second-order valence-electron chi connectivity index (χ2n) is 7.22. The third-order valence-corrected chi connectivity index (χ3v) is 4.57. The highest BCUT2D eigenvalue weighted by Gasteiger charge is 2.34. The van der Waals surface area contributed by atoms with Crippen LogP contribution in [0.15, 0.2) is 42.5 Å². The van der Waals surface area contributed by atoms with Crippen molar-refractivity contribution in [2.45, 2.75) is 44.8 Å². The summed E-state index contributed by atoms with van der Waals surface area (Å²) in [4.78, 5) is 12.4. The molecule has 0 saturated carbocycles. The predicted molar refractivity (Wildman–Crippen MR) is 97.9 cm³/mol. The number of amides is 1. The highest BCUT2D eigenvalue weighted by molar-refractivity contribution is 5.77. The lowest BCUT2D eigenvalue weighted by Gasteiger charge is -2.38. The van der Waals surface area contributed by atoms with E-state index in [9.17, 15) is 9.18 Å². The van der Waals surface area contributed by atoms with Gasteiger partial charge in [0.15, 0.2) is 0 Å². The summed E-state index contributed by atoms with van der Waals surface area (Å²) in [5.74, 6) is 1.17. The number of rotatable bonds is 5. The first-order chi connectivity index (χ1) is 12.4. The molecule has 0 bridgehead atoms. The second kappa shape index (κ2) is 7.36. The lowest BCUT2D eigenvalue weighted by Crippen LogP contribution is -2.41. The van der Waals surface area contributed by atoms with Gasteiger partial charge in [0, 0.05) is 24.5 Å². The van der Waals surface area contributed by atoms with Gasteiger partial charge in [0.05, 0.1) is 13.2 Å². The number of ether oxygens (including phenoxy) is 2. The number of methoxy groups -OCH3 is 1. The molecular formula is C21H24FNO3. The van der Waals surface area contributed by atoms with Crippen LogP contribution in [-0.4, -0.2) is 18.6 Å². The molecule has 0 unspecified atom stereocenters. The quantitative estimate of drug-likeness (QED) is 0.873. The normalized spacial score (nSPS) is 17.8. The van der Waals surface area contributed by atoms with Gasteiger partial charge in [-0.2, -0.15) is 0 Å². The zero-order valence-corrected chi connectivity index (χ0v) is 15.3. The summed E-state index contributed by atoms with van der Waals surface area (Å²) in [6.07, 6.45) is 1.62. The van der Waals surface area contributed by atoms with Gasteiger partial charge in [0.1, 0.15) is 22.9 Å². The first-order valence-corrected chi connectivity index (χ1v) is 8.77. The largest absolute Gasteiger partial charge is 0.497 e. The van der Waals surface area contributed by atoms with Crippen molar-refractivity contribution < 1.29 is 18.7 Å². The smallest absolute Gasteiger partial charge is 0.220 e. The molecule has 1 aliphatic heterocycles. The van der Waals surface area contributed by atoms with E-state index in [4.69, 9.17) is 9.47 Å². The number of halogens is 1. The molecule has 138 valence electrons. The van der Waals surface area contributed by atoms with Crippen molar-refractivity contribution in [1.29, 1.82) is 0 Å². The molecule has 0 fully saturated rings. The van der Waals surface area contributed by atoms with E-state index < -0.39 is 0 Å². The van der Waals surface area contributed by atoms with Gasteiger partial charge in [-0.05, 0) is 50.1 Å². The van der Waals surface area contributed by atoms with Crippen molar-refractivity contribution in [3.05, 3.63) is 59.4 Å². The molecule has 1 N–H and O–H groups in total. The molecule has 0 spiro atoms. The number of nitrogens with one attached hydrogen (secondary N) is 1. The average Bonchev–Trinajstić information content (AvgIpc) is 2.59. The van der Waals surface area contributed by atoms with Crippen LogP contribution in [0.3, 0.4) is 0 Å². The average molecular weight is 357 g/mol. The zero-order valence-electron chi connectivity index (χ0n) is 15.3. The van der Waals surface area contributed by atoms with Crippen LogP contribution in [0.1, 0.15) is 43.9 Å².